The van der Waals surface area contributed by atoms with Gasteiger partial charge in [0.2, 0.25) is 0 Å². The molecule has 0 radical (unpaired) electrons. The third-order valence-corrected chi connectivity index (χ3v) is 4.04. The van der Waals surface area contributed by atoms with Crippen LogP contribution in [0, 0.1) is 5.82 Å². The van der Waals surface area contributed by atoms with E-state index in [-0.39, 0.29) is 18.0 Å². The lowest BCUT2D eigenvalue weighted by atomic mass is 10.1. The van der Waals surface area contributed by atoms with E-state index in [1.54, 1.807) is 12.1 Å². The van der Waals surface area contributed by atoms with Gasteiger partial charge in [0.25, 0.3) is 0 Å². The maximum Gasteiger partial charge on any atom is 0.132 e. The largest absolute Gasteiger partial charge is 0.365 e. The zero-order valence-corrected chi connectivity index (χ0v) is 11.4. The third-order valence-electron chi connectivity index (χ3n) is 3.11. The summed E-state index contributed by atoms with van der Waals surface area (Å²) in [5, 5.41) is 6.10. The summed E-state index contributed by atoms with van der Waals surface area (Å²) in [6.07, 6.45) is 0.147. The predicted molar refractivity (Wildman–Crippen MR) is 73.7 cm³/mol. The summed E-state index contributed by atoms with van der Waals surface area (Å²) in [5.74, 6) is -0.240. The van der Waals surface area contributed by atoms with E-state index >= 15 is 0 Å². The average molecular weight is 278 g/mol. The molecule has 19 heavy (non-hydrogen) atoms. The number of benzene rings is 1. The monoisotopic (exact) mass is 278 g/mol. The Labute approximate surface area is 115 Å². The van der Waals surface area contributed by atoms with Crippen LogP contribution >= 0.6 is 11.3 Å². The number of nitrogens with one attached hydrogen (secondary N) is 1. The summed E-state index contributed by atoms with van der Waals surface area (Å²) in [6.45, 7) is 3.65. The minimum atomic E-state index is -0.240. The number of morpholine rings is 1. The Kier molecular flexibility index (Phi) is 3.59. The molecular formula is C14H15FN2OS. The second-order valence-corrected chi connectivity index (χ2v) is 5.53. The zero-order valence-electron chi connectivity index (χ0n) is 10.6. The van der Waals surface area contributed by atoms with Gasteiger partial charge in [-0.25, -0.2) is 9.37 Å². The van der Waals surface area contributed by atoms with Gasteiger partial charge in [0.15, 0.2) is 0 Å². The van der Waals surface area contributed by atoms with Crippen molar-refractivity contribution in [2.24, 2.45) is 0 Å². The molecule has 1 aromatic heterocycles. The van der Waals surface area contributed by atoms with Crippen molar-refractivity contribution in [3.8, 4) is 11.3 Å². The number of rotatable bonds is 2. The van der Waals surface area contributed by atoms with Gasteiger partial charge in [-0.1, -0.05) is 12.1 Å². The van der Waals surface area contributed by atoms with E-state index in [4.69, 9.17) is 4.74 Å². The molecule has 3 nitrogen and oxygen atoms in total. The predicted octanol–water partition coefficient (Wildman–Crippen LogP) is 3.00. The minimum absolute atomic E-state index is 0.0331. The van der Waals surface area contributed by atoms with Gasteiger partial charge in [0.1, 0.15) is 16.9 Å². The quantitative estimate of drug-likeness (QED) is 0.917. The van der Waals surface area contributed by atoms with Crippen molar-refractivity contribution in [1.29, 1.82) is 0 Å². The molecule has 1 fully saturated rings. The SMILES string of the molecule is C[C@@H]1CNC[C@H](c2nc(-c3ccccc3F)cs2)O1. The molecule has 1 saturated heterocycles. The van der Waals surface area contributed by atoms with Crippen LogP contribution in [0.3, 0.4) is 0 Å². The highest BCUT2D eigenvalue weighted by Gasteiger charge is 2.23. The lowest BCUT2D eigenvalue weighted by Gasteiger charge is -2.27. The fourth-order valence-electron chi connectivity index (χ4n) is 2.17. The number of halogens is 1. The number of aromatic nitrogens is 1. The zero-order chi connectivity index (χ0) is 13.2. The molecule has 0 amide bonds. The van der Waals surface area contributed by atoms with Crippen LogP contribution in [0.25, 0.3) is 11.3 Å². The summed E-state index contributed by atoms with van der Waals surface area (Å²) < 4.78 is 19.6. The van der Waals surface area contributed by atoms with E-state index in [2.05, 4.69) is 10.3 Å². The van der Waals surface area contributed by atoms with Gasteiger partial charge in [-0.3, -0.25) is 0 Å². The van der Waals surface area contributed by atoms with E-state index in [1.165, 1.54) is 17.4 Å². The topological polar surface area (TPSA) is 34.2 Å². The molecular weight excluding hydrogens is 263 g/mol. The maximum absolute atomic E-state index is 13.7. The number of ether oxygens (including phenoxy) is 1. The summed E-state index contributed by atoms with van der Waals surface area (Å²) in [7, 11) is 0. The van der Waals surface area contributed by atoms with Crippen LogP contribution in [0.2, 0.25) is 0 Å². The van der Waals surface area contributed by atoms with Crippen molar-refractivity contribution in [1.82, 2.24) is 10.3 Å². The summed E-state index contributed by atoms with van der Waals surface area (Å²) in [5.41, 5.74) is 1.22. The van der Waals surface area contributed by atoms with E-state index in [9.17, 15) is 4.39 Å². The number of nitrogens with zero attached hydrogens (tertiary/aromatic N) is 1. The van der Waals surface area contributed by atoms with Gasteiger partial charge in [0.05, 0.1) is 11.8 Å². The van der Waals surface area contributed by atoms with Gasteiger partial charge in [-0.2, -0.15) is 0 Å². The molecule has 1 aliphatic heterocycles. The van der Waals surface area contributed by atoms with Crippen molar-refractivity contribution >= 4 is 11.3 Å². The highest BCUT2D eigenvalue weighted by atomic mass is 32.1. The van der Waals surface area contributed by atoms with Crippen molar-refractivity contribution in [3.63, 3.8) is 0 Å². The minimum Gasteiger partial charge on any atom is -0.365 e. The Balaban J connectivity index is 1.85. The summed E-state index contributed by atoms with van der Waals surface area (Å²) in [6, 6.07) is 6.70. The van der Waals surface area contributed by atoms with Gasteiger partial charge in [-0.15, -0.1) is 11.3 Å². The molecule has 2 aromatic rings. The second-order valence-electron chi connectivity index (χ2n) is 4.64. The van der Waals surface area contributed by atoms with Crippen LogP contribution in [-0.4, -0.2) is 24.2 Å². The van der Waals surface area contributed by atoms with Crippen molar-refractivity contribution < 1.29 is 9.13 Å². The molecule has 1 aliphatic rings. The Morgan fingerprint density at radius 3 is 3.00 bits per heavy atom. The average Bonchev–Trinajstić information content (AvgIpc) is 2.89. The van der Waals surface area contributed by atoms with Crippen LogP contribution in [0.1, 0.15) is 18.0 Å². The lowest BCUT2D eigenvalue weighted by Crippen LogP contribution is -2.38. The van der Waals surface area contributed by atoms with Crippen LogP contribution in [0.15, 0.2) is 29.6 Å². The smallest absolute Gasteiger partial charge is 0.132 e. The van der Waals surface area contributed by atoms with Gasteiger partial charge < -0.3 is 10.1 Å². The van der Waals surface area contributed by atoms with Gasteiger partial charge >= 0.3 is 0 Å². The fourth-order valence-corrected chi connectivity index (χ4v) is 3.02. The molecule has 0 saturated carbocycles. The standard InChI is InChI=1S/C14H15FN2OS/c1-9-6-16-7-13(18-9)14-17-12(8-19-14)10-4-2-3-5-11(10)15/h2-5,8-9,13,16H,6-7H2,1H3/t9-,13-/m1/s1. The van der Waals surface area contributed by atoms with Gasteiger partial charge in [-0.05, 0) is 19.1 Å². The molecule has 5 heteroatoms. The first-order valence-electron chi connectivity index (χ1n) is 6.30. The van der Waals surface area contributed by atoms with Crippen LogP contribution < -0.4 is 5.32 Å². The lowest BCUT2D eigenvalue weighted by molar-refractivity contribution is -0.0287. The normalized spacial score (nSPS) is 23.5. The number of thiazole rings is 1. The third kappa shape index (κ3) is 2.68. The first-order valence-corrected chi connectivity index (χ1v) is 7.18. The molecule has 2 heterocycles. The van der Waals surface area contributed by atoms with Crippen LogP contribution in [-0.2, 0) is 4.74 Å². The molecule has 3 rings (SSSR count). The molecule has 2 atom stereocenters. The van der Waals surface area contributed by atoms with E-state index in [0.717, 1.165) is 18.1 Å². The van der Waals surface area contributed by atoms with Crippen molar-refractivity contribution in [2.45, 2.75) is 19.1 Å². The van der Waals surface area contributed by atoms with Crippen LogP contribution in [0.5, 0.6) is 0 Å². The Morgan fingerprint density at radius 1 is 1.37 bits per heavy atom. The highest BCUT2D eigenvalue weighted by Crippen LogP contribution is 2.29. The fraction of sp³-hybridized carbons (Fsp3) is 0.357. The summed E-state index contributed by atoms with van der Waals surface area (Å²) >= 11 is 1.52. The summed E-state index contributed by atoms with van der Waals surface area (Å²) in [4.78, 5) is 4.51. The van der Waals surface area contributed by atoms with Crippen LogP contribution in [0.4, 0.5) is 4.39 Å². The van der Waals surface area contributed by atoms with E-state index in [0.29, 0.717) is 11.3 Å². The first-order chi connectivity index (χ1) is 9.24. The Morgan fingerprint density at radius 2 is 2.21 bits per heavy atom. The van der Waals surface area contributed by atoms with Gasteiger partial charge in [0, 0.05) is 24.0 Å². The second kappa shape index (κ2) is 5.36. The first kappa shape index (κ1) is 12.7. The Bertz CT molecular complexity index is 572. The van der Waals surface area contributed by atoms with Crippen molar-refractivity contribution in [3.05, 3.63) is 40.5 Å². The highest BCUT2D eigenvalue weighted by molar-refractivity contribution is 7.10. The number of hydrogen-bond donors (Lipinski definition) is 1. The Hall–Kier alpha value is -1.30. The van der Waals surface area contributed by atoms with E-state index < -0.39 is 0 Å². The molecule has 100 valence electrons. The molecule has 0 bridgehead atoms. The molecule has 0 aliphatic carbocycles. The number of hydrogen-bond acceptors (Lipinski definition) is 4. The van der Waals surface area contributed by atoms with Crippen molar-refractivity contribution in [2.75, 3.05) is 13.1 Å². The maximum atomic E-state index is 13.7. The molecule has 0 unspecified atom stereocenters. The molecule has 1 aromatic carbocycles. The molecule has 1 N–H and O–H groups in total. The van der Waals surface area contributed by atoms with E-state index in [1.807, 2.05) is 18.4 Å². The molecule has 0 spiro atoms.